The van der Waals surface area contributed by atoms with E-state index >= 15 is 0 Å². The summed E-state index contributed by atoms with van der Waals surface area (Å²) in [6, 6.07) is 4.03. The summed E-state index contributed by atoms with van der Waals surface area (Å²) in [6.07, 6.45) is 4.00. The second-order valence-electron chi connectivity index (χ2n) is 4.03. The molecule has 1 N–H and O–H groups in total. The van der Waals surface area contributed by atoms with Gasteiger partial charge in [0.15, 0.2) is 0 Å². The molecule has 1 amide bonds. The highest BCUT2D eigenvalue weighted by atomic mass is 32.1. The summed E-state index contributed by atoms with van der Waals surface area (Å²) < 4.78 is 5.48. The van der Waals surface area contributed by atoms with Crippen molar-refractivity contribution in [2.24, 2.45) is 0 Å². The van der Waals surface area contributed by atoms with E-state index in [0.29, 0.717) is 19.1 Å². The number of amides is 1. The lowest BCUT2D eigenvalue weighted by molar-refractivity contribution is -0.121. The predicted octanol–water partition coefficient (Wildman–Crippen LogP) is 2.32. The van der Waals surface area contributed by atoms with Gasteiger partial charge in [-0.15, -0.1) is 11.3 Å². The molecule has 16 heavy (non-hydrogen) atoms. The van der Waals surface area contributed by atoms with Gasteiger partial charge in [-0.3, -0.25) is 4.79 Å². The molecule has 2 heterocycles. The molecule has 1 aromatic rings. The Labute approximate surface area is 99.8 Å². The molecule has 3 nitrogen and oxygen atoms in total. The van der Waals surface area contributed by atoms with Gasteiger partial charge in [-0.1, -0.05) is 6.07 Å². The number of hydrogen-bond acceptors (Lipinski definition) is 3. The summed E-state index contributed by atoms with van der Waals surface area (Å²) >= 11 is 1.67. The highest BCUT2D eigenvalue weighted by Gasteiger charge is 2.16. The Morgan fingerprint density at radius 3 is 3.25 bits per heavy atom. The molecule has 1 saturated heterocycles. The topological polar surface area (TPSA) is 38.3 Å². The van der Waals surface area contributed by atoms with Crippen LogP contribution in [0.5, 0.6) is 0 Å². The third kappa shape index (κ3) is 3.61. The van der Waals surface area contributed by atoms with Crippen LogP contribution >= 0.6 is 11.3 Å². The molecular weight excluding hydrogens is 222 g/mol. The number of thiophene rings is 1. The Morgan fingerprint density at radius 1 is 1.62 bits per heavy atom. The summed E-state index contributed by atoms with van der Waals surface area (Å²) in [5.74, 6) is 0.129. The standard InChI is InChI=1S/C12H17NO2S/c14-12(6-5-10-3-1-7-15-10)13-9-11-4-2-8-16-11/h2,4,8,10H,1,3,5-7,9H2,(H,13,14). The zero-order valence-corrected chi connectivity index (χ0v) is 10.1. The number of nitrogens with one attached hydrogen (secondary N) is 1. The van der Waals surface area contributed by atoms with Crippen LogP contribution in [0.15, 0.2) is 17.5 Å². The molecule has 0 spiro atoms. The second kappa shape index (κ2) is 6.01. The molecule has 4 heteroatoms. The molecule has 0 bridgehead atoms. The van der Waals surface area contributed by atoms with Crippen molar-refractivity contribution >= 4 is 17.2 Å². The van der Waals surface area contributed by atoms with E-state index in [1.54, 1.807) is 11.3 Å². The molecule has 0 radical (unpaired) electrons. The summed E-state index contributed by atoms with van der Waals surface area (Å²) in [7, 11) is 0. The minimum Gasteiger partial charge on any atom is -0.378 e. The SMILES string of the molecule is O=C(CCC1CCCO1)NCc1cccs1. The molecule has 0 aliphatic carbocycles. The van der Waals surface area contributed by atoms with Crippen molar-refractivity contribution in [1.82, 2.24) is 5.32 Å². The Kier molecular flexibility index (Phi) is 4.36. The number of rotatable bonds is 5. The van der Waals surface area contributed by atoms with Gasteiger partial charge in [0.2, 0.25) is 5.91 Å². The van der Waals surface area contributed by atoms with Crippen LogP contribution in [-0.2, 0) is 16.1 Å². The monoisotopic (exact) mass is 239 g/mol. The molecule has 2 rings (SSSR count). The van der Waals surface area contributed by atoms with E-state index in [1.807, 2.05) is 17.5 Å². The third-order valence-electron chi connectivity index (χ3n) is 2.76. The van der Waals surface area contributed by atoms with Crippen LogP contribution in [0.2, 0.25) is 0 Å². The summed E-state index contributed by atoms with van der Waals surface area (Å²) in [4.78, 5) is 12.7. The Bertz CT molecular complexity index is 318. The quantitative estimate of drug-likeness (QED) is 0.856. The van der Waals surface area contributed by atoms with Crippen molar-refractivity contribution in [2.75, 3.05) is 6.61 Å². The summed E-state index contributed by atoms with van der Waals surface area (Å²) in [5, 5.41) is 4.95. The molecule has 1 atom stereocenters. The average molecular weight is 239 g/mol. The maximum absolute atomic E-state index is 11.5. The zero-order valence-electron chi connectivity index (χ0n) is 9.28. The van der Waals surface area contributed by atoms with Crippen molar-refractivity contribution in [3.8, 4) is 0 Å². The van der Waals surface area contributed by atoms with Crippen molar-refractivity contribution in [3.05, 3.63) is 22.4 Å². The van der Waals surface area contributed by atoms with E-state index in [2.05, 4.69) is 5.32 Å². The van der Waals surface area contributed by atoms with Gasteiger partial charge in [-0.2, -0.15) is 0 Å². The number of carbonyl (C=O) groups excluding carboxylic acids is 1. The molecule has 1 unspecified atom stereocenters. The van der Waals surface area contributed by atoms with E-state index in [-0.39, 0.29) is 5.91 Å². The number of ether oxygens (including phenoxy) is 1. The van der Waals surface area contributed by atoms with Crippen molar-refractivity contribution < 1.29 is 9.53 Å². The Hall–Kier alpha value is -0.870. The second-order valence-corrected chi connectivity index (χ2v) is 5.06. The van der Waals surface area contributed by atoms with Crippen molar-refractivity contribution in [3.63, 3.8) is 0 Å². The zero-order chi connectivity index (χ0) is 11.2. The molecule has 1 aliphatic rings. The van der Waals surface area contributed by atoms with Gasteiger partial charge >= 0.3 is 0 Å². The molecule has 88 valence electrons. The van der Waals surface area contributed by atoms with Crippen LogP contribution in [0.4, 0.5) is 0 Å². The highest BCUT2D eigenvalue weighted by molar-refractivity contribution is 7.09. The van der Waals surface area contributed by atoms with E-state index in [9.17, 15) is 4.79 Å². The van der Waals surface area contributed by atoms with Crippen LogP contribution in [0.1, 0.15) is 30.6 Å². The maximum atomic E-state index is 11.5. The van der Waals surface area contributed by atoms with Crippen LogP contribution in [0, 0.1) is 0 Å². The first-order chi connectivity index (χ1) is 7.84. The molecular formula is C12H17NO2S. The third-order valence-corrected chi connectivity index (χ3v) is 3.63. The first-order valence-corrected chi connectivity index (χ1v) is 6.63. The molecule has 0 saturated carbocycles. The summed E-state index contributed by atoms with van der Waals surface area (Å²) in [6.45, 7) is 1.52. The lowest BCUT2D eigenvalue weighted by Gasteiger charge is -2.08. The van der Waals surface area contributed by atoms with Gasteiger partial charge in [0.25, 0.3) is 0 Å². The van der Waals surface area contributed by atoms with E-state index < -0.39 is 0 Å². The lowest BCUT2D eigenvalue weighted by Crippen LogP contribution is -2.23. The largest absolute Gasteiger partial charge is 0.378 e. The number of carbonyl (C=O) groups is 1. The van der Waals surface area contributed by atoms with Gasteiger partial charge < -0.3 is 10.1 Å². The molecule has 0 aromatic carbocycles. The van der Waals surface area contributed by atoms with Gasteiger partial charge in [0.1, 0.15) is 0 Å². The Balaban J connectivity index is 1.60. The van der Waals surface area contributed by atoms with Gasteiger partial charge in [-0.05, 0) is 30.7 Å². The van der Waals surface area contributed by atoms with Crippen molar-refractivity contribution in [1.29, 1.82) is 0 Å². The van der Waals surface area contributed by atoms with E-state index in [0.717, 1.165) is 25.9 Å². The fourth-order valence-electron chi connectivity index (χ4n) is 1.85. The van der Waals surface area contributed by atoms with E-state index in [4.69, 9.17) is 4.74 Å². The van der Waals surface area contributed by atoms with Crippen molar-refractivity contribution in [2.45, 2.75) is 38.3 Å². The normalized spacial score (nSPS) is 19.9. The van der Waals surface area contributed by atoms with Gasteiger partial charge in [-0.25, -0.2) is 0 Å². The smallest absolute Gasteiger partial charge is 0.220 e. The van der Waals surface area contributed by atoms with Crippen LogP contribution < -0.4 is 5.32 Å². The molecule has 1 aliphatic heterocycles. The van der Waals surface area contributed by atoms with Gasteiger partial charge in [0.05, 0.1) is 12.6 Å². The number of hydrogen-bond donors (Lipinski definition) is 1. The summed E-state index contributed by atoms with van der Waals surface area (Å²) in [5.41, 5.74) is 0. The fraction of sp³-hybridized carbons (Fsp3) is 0.583. The predicted molar refractivity (Wildman–Crippen MR) is 64.4 cm³/mol. The highest BCUT2D eigenvalue weighted by Crippen LogP contribution is 2.16. The lowest BCUT2D eigenvalue weighted by atomic mass is 10.1. The fourth-order valence-corrected chi connectivity index (χ4v) is 2.50. The molecule has 1 aromatic heterocycles. The Morgan fingerprint density at radius 2 is 2.56 bits per heavy atom. The average Bonchev–Trinajstić information content (AvgIpc) is 2.96. The van der Waals surface area contributed by atoms with Crippen LogP contribution in [-0.4, -0.2) is 18.6 Å². The van der Waals surface area contributed by atoms with Crippen LogP contribution in [0.3, 0.4) is 0 Å². The molecule has 1 fully saturated rings. The van der Waals surface area contributed by atoms with Crippen LogP contribution in [0.25, 0.3) is 0 Å². The van der Waals surface area contributed by atoms with E-state index in [1.165, 1.54) is 4.88 Å². The maximum Gasteiger partial charge on any atom is 0.220 e. The first-order valence-electron chi connectivity index (χ1n) is 5.75. The first kappa shape index (κ1) is 11.6. The minimum absolute atomic E-state index is 0.129. The van der Waals surface area contributed by atoms with Gasteiger partial charge in [0, 0.05) is 17.9 Å². The minimum atomic E-state index is 0.129.